The third-order valence-electron chi connectivity index (χ3n) is 9.86. The molecule has 0 saturated carbocycles. The van der Waals surface area contributed by atoms with Gasteiger partial charge in [0.15, 0.2) is 0 Å². The Balaban J connectivity index is 0.00000171. The Bertz CT molecular complexity index is 1780. The van der Waals surface area contributed by atoms with Gasteiger partial charge in [-0.25, -0.2) is 0 Å². The summed E-state index contributed by atoms with van der Waals surface area (Å²) in [6.45, 7) is 5.24. The minimum atomic E-state index is -2.76. The minimum absolute atomic E-state index is 0. The van der Waals surface area contributed by atoms with E-state index in [0.717, 1.165) is 0 Å². The number of rotatable bonds is 5. The number of hydrogen-bond donors (Lipinski definition) is 0. The van der Waals surface area contributed by atoms with Crippen LogP contribution in [-0.2, 0) is 20.9 Å². The van der Waals surface area contributed by atoms with Gasteiger partial charge in [-0.2, -0.15) is 0 Å². The number of halogens is 2. The quantitative estimate of drug-likeness (QED) is 0.281. The first-order valence-corrected chi connectivity index (χ1v) is 23.4. The molecule has 4 aliphatic carbocycles. The van der Waals surface area contributed by atoms with Gasteiger partial charge in [-0.3, -0.25) is 0 Å². The number of fused-ring (bicyclic) bond motifs is 6. The maximum absolute atomic E-state index is 2.76. The smallest absolute Gasteiger partial charge is 1.00 e. The van der Waals surface area contributed by atoms with E-state index in [0.29, 0.717) is 0 Å². The average molecular weight is 704 g/mol. The fourth-order valence-electron chi connectivity index (χ4n) is 7.99. The first kappa shape index (κ1) is 31.0. The maximum atomic E-state index is 2.62. The van der Waals surface area contributed by atoms with Crippen LogP contribution in [0.3, 0.4) is 0 Å². The molecule has 0 spiro atoms. The molecule has 0 amide bonds. The van der Waals surface area contributed by atoms with Crippen LogP contribution in [0.4, 0.5) is 0 Å². The van der Waals surface area contributed by atoms with Crippen LogP contribution >= 0.6 is 0 Å². The summed E-state index contributed by atoms with van der Waals surface area (Å²) in [5.41, 5.74) is 11.5. The molecule has 0 N–H and O–H groups in total. The van der Waals surface area contributed by atoms with E-state index in [1.807, 2.05) is 0 Å². The van der Waals surface area contributed by atoms with Gasteiger partial charge in [-0.15, -0.1) is 0 Å². The van der Waals surface area contributed by atoms with E-state index in [9.17, 15) is 0 Å². The summed E-state index contributed by atoms with van der Waals surface area (Å²) in [6.07, 6.45) is 19.8. The molecule has 0 heterocycles. The summed E-state index contributed by atoms with van der Waals surface area (Å²) in [4.78, 5) is 0. The van der Waals surface area contributed by atoms with Crippen molar-refractivity contribution in [3.05, 3.63) is 179 Å². The molecular weight excluding hydrogens is 671 g/mol. The first-order chi connectivity index (χ1) is 20.6. The molecule has 2 unspecified atom stereocenters. The average Bonchev–Trinajstić information content (AvgIpc) is 3.61. The fourth-order valence-corrected chi connectivity index (χ4v) is 37.5. The summed E-state index contributed by atoms with van der Waals surface area (Å²) in [5.74, 6) is -1.69. The predicted octanol–water partition coefficient (Wildman–Crippen LogP) is 2.61. The Kier molecular flexibility index (Phi) is 8.50. The van der Waals surface area contributed by atoms with Gasteiger partial charge < -0.3 is 24.8 Å². The fraction of sp³-hybridized carbons (Fsp3) is 0.100. The zero-order chi connectivity index (χ0) is 28.3. The summed E-state index contributed by atoms with van der Waals surface area (Å²) >= 11 is -2.76. The van der Waals surface area contributed by atoms with Crippen LogP contribution in [0.2, 0.25) is 6.25 Å². The van der Waals surface area contributed by atoms with Gasteiger partial charge in [-0.1, -0.05) is 0 Å². The van der Waals surface area contributed by atoms with Crippen LogP contribution in [0.1, 0.15) is 36.1 Å². The molecule has 0 aliphatic heterocycles. The molecule has 8 rings (SSSR count). The normalized spacial score (nSPS) is 21.8. The van der Waals surface area contributed by atoms with Crippen molar-refractivity contribution in [1.29, 1.82) is 0 Å². The van der Waals surface area contributed by atoms with Crippen LogP contribution in [0.15, 0.2) is 157 Å². The molecule has 4 heteroatoms. The second-order valence-corrected chi connectivity index (χ2v) is 29.3. The van der Waals surface area contributed by atoms with Gasteiger partial charge in [0.2, 0.25) is 0 Å². The van der Waals surface area contributed by atoms with Crippen LogP contribution in [0.5, 0.6) is 0 Å². The Morgan fingerprint density at radius 3 is 1.32 bits per heavy atom. The van der Waals surface area contributed by atoms with Crippen molar-refractivity contribution in [3.8, 4) is 0 Å². The Labute approximate surface area is 282 Å². The molecule has 4 aliphatic rings. The largest absolute Gasteiger partial charge is 1.00 e. The van der Waals surface area contributed by atoms with Crippen LogP contribution in [0.25, 0.3) is 23.3 Å². The topological polar surface area (TPSA) is 0 Å². The van der Waals surface area contributed by atoms with Crippen LogP contribution in [0, 0.1) is 0 Å². The summed E-state index contributed by atoms with van der Waals surface area (Å²) in [6, 6.07) is 41.2. The molecule has 0 bridgehead atoms. The van der Waals surface area contributed by atoms with Crippen molar-refractivity contribution >= 4 is 39.6 Å². The van der Waals surface area contributed by atoms with E-state index in [4.69, 9.17) is 0 Å². The third-order valence-corrected chi connectivity index (χ3v) is 36.5. The van der Waals surface area contributed by atoms with E-state index in [-0.39, 0.29) is 31.1 Å². The van der Waals surface area contributed by atoms with E-state index >= 15 is 0 Å². The molecule has 0 fully saturated rings. The minimum Gasteiger partial charge on any atom is -1.00 e. The summed E-state index contributed by atoms with van der Waals surface area (Å²) < 4.78 is 0.0101. The van der Waals surface area contributed by atoms with Gasteiger partial charge in [0.05, 0.1) is 0 Å². The molecule has 215 valence electrons. The van der Waals surface area contributed by atoms with E-state index in [1.54, 1.807) is 21.5 Å². The molecule has 2 atom stereocenters. The van der Waals surface area contributed by atoms with Crippen molar-refractivity contribution < 1.29 is 45.7 Å². The second kappa shape index (κ2) is 12.1. The predicted molar refractivity (Wildman–Crippen MR) is 179 cm³/mol. The second-order valence-electron chi connectivity index (χ2n) is 12.2. The molecule has 0 aromatic heterocycles. The van der Waals surface area contributed by atoms with Crippen molar-refractivity contribution in [2.45, 2.75) is 20.1 Å². The summed E-state index contributed by atoms with van der Waals surface area (Å²) in [7, 11) is 0. The molecule has 0 nitrogen and oxygen atoms in total. The van der Waals surface area contributed by atoms with Crippen molar-refractivity contribution in [3.63, 3.8) is 0 Å². The van der Waals surface area contributed by atoms with Gasteiger partial charge in [0.1, 0.15) is 0 Å². The molecule has 0 saturated heterocycles. The molecular formula is C40H33Cl2SiZr. The van der Waals surface area contributed by atoms with Gasteiger partial charge in [-0.05, 0) is 0 Å². The van der Waals surface area contributed by atoms with E-state index < -0.39 is 26.8 Å². The van der Waals surface area contributed by atoms with Crippen molar-refractivity contribution in [2.75, 3.05) is 0 Å². The first-order valence-electron chi connectivity index (χ1n) is 15.0. The number of hydrogen-bond acceptors (Lipinski definition) is 0. The third kappa shape index (κ3) is 4.74. The zero-order valence-corrected chi connectivity index (χ0v) is 30.0. The van der Waals surface area contributed by atoms with Crippen LogP contribution in [-0.4, -0.2) is 5.92 Å². The Hall–Kier alpha value is -3.00. The Morgan fingerprint density at radius 1 is 0.500 bits per heavy atom. The van der Waals surface area contributed by atoms with E-state index in [1.165, 1.54) is 33.4 Å². The molecule has 44 heavy (non-hydrogen) atoms. The zero-order valence-electron chi connectivity index (χ0n) is 24.8. The molecule has 0 radical (unpaired) electrons. The number of benzene rings is 4. The van der Waals surface area contributed by atoms with Gasteiger partial charge in [0.25, 0.3) is 0 Å². The molecule has 4 aromatic carbocycles. The maximum Gasteiger partial charge on any atom is -1.00 e. The standard InChI is InChI=1S/2C14H11.C12H11Si.2ClH.Zr/c2*1-10-5-4-8-13-12-7-3-2-6-11(12)9-14(10)13;1-3-7-11(8-4-1)13-12-9-5-2-6-10-12;;;/h2*2-9H,1H3;1-10,13H;2*1H;/q;;;;;+2/p-2. The van der Waals surface area contributed by atoms with Gasteiger partial charge >= 0.3 is 260 Å². The molecule has 4 aromatic rings. The number of allylic oxidation sites excluding steroid dienone is 10. The van der Waals surface area contributed by atoms with Crippen molar-refractivity contribution in [2.24, 2.45) is 0 Å². The van der Waals surface area contributed by atoms with Gasteiger partial charge in [0, 0.05) is 0 Å². The monoisotopic (exact) mass is 701 g/mol. The van der Waals surface area contributed by atoms with Crippen molar-refractivity contribution in [1.82, 2.24) is 0 Å². The SMILES string of the molecule is C[C]1([Zr+2]([SiH](c2ccccc2)c2ccccc2)[C]2(C)C=CC=C3C2=Cc2ccccc23)C=CC=C2C1=Cc1ccccc12.[Cl-].[Cl-]. The summed E-state index contributed by atoms with van der Waals surface area (Å²) in [5, 5.41) is 3.17. The van der Waals surface area contributed by atoms with Crippen LogP contribution < -0.4 is 35.2 Å². The Morgan fingerprint density at radius 2 is 0.886 bits per heavy atom. The van der Waals surface area contributed by atoms with E-state index in [2.05, 4.69) is 172 Å².